The smallest absolute Gasteiger partial charge is 0.270 e. The van der Waals surface area contributed by atoms with Crippen LogP contribution >= 0.6 is 11.6 Å². The molecule has 1 atom stereocenters. The van der Waals surface area contributed by atoms with Gasteiger partial charge in [0.25, 0.3) is 5.91 Å². The number of carbonyl (C=O) groups is 1. The van der Waals surface area contributed by atoms with Gasteiger partial charge >= 0.3 is 0 Å². The van der Waals surface area contributed by atoms with Crippen LogP contribution in [0, 0.1) is 11.3 Å². The van der Waals surface area contributed by atoms with Gasteiger partial charge in [-0.2, -0.15) is 5.26 Å². The molecule has 0 radical (unpaired) electrons. The van der Waals surface area contributed by atoms with Crippen molar-refractivity contribution in [3.63, 3.8) is 0 Å². The normalized spacial score (nSPS) is 11.5. The van der Waals surface area contributed by atoms with E-state index in [4.69, 9.17) is 16.9 Å². The lowest BCUT2D eigenvalue weighted by molar-refractivity contribution is 0.0917. The Bertz CT molecular complexity index is 1030. The molecular weight excluding hydrogens is 378 g/mol. The maximum atomic E-state index is 12.5. The van der Waals surface area contributed by atoms with E-state index in [1.807, 2.05) is 6.07 Å². The minimum absolute atomic E-state index is 0.152. The van der Waals surface area contributed by atoms with E-state index in [-0.39, 0.29) is 18.0 Å². The number of nitrogens with zero attached hydrogens (tertiary/aromatic N) is 4. The highest BCUT2D eigenvalue weighted by molar-refractivity contribution is 6.30. The quantitative estimate of drug-likeness (QED) is 0.689. The highest BCUT2D eigenvalue weighted by Gasteiger charge is 2.16. The summed E-state index contributed by atoms with van der Waals surface area (Å²) in [6.45, 7) is 1.50. The minimum Gasteiger partial charge on any atom is -0.394 e. The standard InChI is InChI=1S/C20H16ClN5O2/c1-12(11-27)24-20(28)18-8-17(13-2-5-15(21)6-3-13)25-19(26-18)14-4-7-16(9-22)23-10-14/h2-8,10,12,27H,11H2,1H3,(H,24,28). The molecule has 1 unspecified atom stereocenters. The Labute approximate surface area is 166 Å². The Balaban J connectivity index is 2.08. The van der Waals surface area contributed by atoms with Crippen molar-refractivity contribution >= 4 is 17.5 Å². The third-order valence-electron chi connectivity index (χ3n) is 3.89. The molecular formula is C20H16ClN5O2. The number of aromatic nitrogens is 3. The second-order valence-electron chi connectivity index (χ2n) is 6.07. The maximum absolute atomic E-state index is 12.5. The van der Waals surface area contributed by atoms with Crippen molar-refractivity contribution < 1.29 is 9.90 Å². The summed E-state index contributed by atoms with van der Waals surface area (Å²) in [5, 5.41) is 21.3. The molecule has 2 heterocycles. The van der Waals surface area contributed by atoms with Gasteiger partial charge in [0.1, 0.15) is 17.5 Å². The summed E-state index contributed by atoms with van der Waals surface area (Å²) in [5.74, 6) is -0.131. The van der Waals surface area contributed by atoms with Crippen LogP contribution < -0.4 is 5.32 Å². The van der Waals surface area contributed by atoms with Crippen molar-refractivity contribution in [3.8, 4) is 28.7 Å². The van der Waals surface area contributed by atoms with Gasteiger partial charge in [0, 0.05) is 28.4 Å². The highest BCUT2D eigenvalue weighted by atomic mass is 35.5. The molecule has 0 saturated carbocycles. The molecule has 0 saturated heterocycles. The number of hydrogen-bond acceptors (Lipinski definition) is 6. The zero-order valence-electron chi connectivity index (χ0n) is 14.9. The van der Waals surface area contributed by atoms with Crippen molar-refractivity contribution in [2.75, 3.05) is 6.61 Å². The number of pyridine rings is 1. The van der Waals surface area contributed by atoms with Crippen molar-refractivity contribution in [2.24, 2.45) is 0 Å². The first-order chi connectivity index (χ1) is 13.5. The average Bonchev–Trinajstić information content (AvgIpc) is 2.73. The van der Waals surface area contributed by atoms with E-state index in [9.17, 15) is 9.90 Å². The second kappa shape index (κ2) is 8.57. The topological polar surface area (TPSA) is 112 Å². The van der Waals surface area contributed by atoms with Crippen LogP contribution in [-0.2, 0) is 0 Å². The predicted octanol–water partition coefficient (Wildman–Crippen LogP) is 2.84. The number of rotatable bonds is 5. The van der Waals surface area contributed by atoms with Crippen LogP contribution in [0.25, 0.3) is 22.6 Å². The second-order valence-corrected chi connectivity index (χ2v) is 6.51. The molecule has 7 nitrogen and oxygen atoms in total. The van der Waals surface area contributed by atoms with E-state index < -0.39 is 11.9 Å². The van der Waals surface area contributed by atoms with Gasteiger partial charge in [-0.1, -0.05) is 23.7 Å². The van der Waals surface area contributed by atoms with E-state index in [2.05, 4.69) is 20.3 Å². The molecule has 0 bridgehead atoms. The molecule has 0 fully saturated rings. The van der Waals surface area contributed by atoms with Gasteiger partial charge in [0.15, 0.2) is 5.82 Å². The fraction of sp³-hybridized carbons (Fsp3) is 0.150. The molecule has 0 aliphatic carbocycles. The summed E-state index contributed by atoms with van der Waals surface area (Å²) in [6, 6.07) is 13.4. The van der Waals surface area contributed by atoms with Crippen LogP contribution in [0.5, 0.6) is 0 Å². The first kappa shape index (κ1) is 19.4. The summed E-state index contributed by atoms with van der Waals surface area (Å²) in [7, 11) is 0. The Morgan fingerprint density at radius 2 is 1.93 bits per heavy atom. The van der Waals surface area contributed by atoms with Gasteiger partial charge in [0.2, 0.25) is 0 Å². The monoisotopic (exact) mass is 393 g/mol. The minimum atomic E-state index is -0.429. The fourth-order valence-corrected chi connectivity index (χ4v) is 2.52. The van der Waals surface area contributed by atoms with Crippen LogP contribution in [-0.4, -0.2) is 38.6 Å². The number of benzene rings is 1. The lowest BCUT2D eigenvalue weighted by atomic mass is 10.1. The van der Waals surface area contributed by atoms with Gasteiger partial charge in [-0.05, 0) is 37.3 Å². The Morgan fingerprint density at radius 1 is 1.21 bits per heavy atom. The summed E-state index contributed by atoms with van der Waals surface area (Å²) >= 11 is 5.95. The van der Waals surface area contributed by atoms with E-state index in [1.165, 1.54) is 6.20 Å². The zero-order valence-corrected chi connectivity index (χ0v) is 15.7. The lowest BCUT2D eigenvalue weighted by Crippen LogP contribution is -2.35. The van der Waals surface area contributed by atoms with E-state index in [0.717, 1.165) is 5.56 Å². The lowest BCUT2D eigenvalue weighted by Gasteiger charge is -2.12. The number of halogens is 1. The zero-order chi connectivity index (χ0) is 20.1. The Morgan fingerprint density at radius 3 is 2.54 bits per heavy atom. The van der Waals surface area contributed by atoms with Gasteiger partial charge in [-0.25, -0.2) is 15.0 Å². The van der Waals surface area contributed by atoms with Gasteiger partial charge in [-0.3, -0.25) is 4.79 Å². The van der Waals surface area contributed by atoms with Gasteiger partial charge in [-0.15, -0.1) is 0 Å². The SMILES string of the molecule is CC(CO)NC(=O)c1cc(-c2ccc(Cl)cc2)nc(-c2ccc(C#N)nc2)n1. The van der Waals surface area contributed by atoms with Crippen LogP contribution in [0.2, 0.25) is 5.02 Å². The number of hydrogen-bond donors (Lipinski definition) is 2. The van der Waals surface area contributed by atoms with Gasteiger partial charge in [0.05, 0.1) is 12.3 Å². The molecule has 140 valence electrons. The molecule has 28 heavy (non-hydrogen) atoms. The summed E-state index contributed by atoms with van der Waals surface area (Å²) in [6.07, 6.45) is 1.48. The van der Waals surface area contributed by atoms with Crippen molar-refractivity contribution in [1.29, 1.82) is 5.26 Å². The molecule has 2 aromatic heterocycles. The molecule has 1 amide bonds. The third-order valence-corrected chi connectivity index (χ3v) is 4.14. The molecule has 3 rings (SSSR count). The molecule has 1 aromatic carbocycles. The average molecular weight is 394 g/mol. The maximum Gasteiger partial charge on any atom is 0.270 e. The Kier molecular flexibility index (Phi) is 5.94. The number of aliphatic hydroxyl groups is 1. The number of amides is 1. The van der Waals surface area contributed by atoms with Crippen LogP contribution in [0.15, 0.2) is 48.7 Å². The number of nitriles is 1. The molecule has 0 aliphatic rings. The van der Waals surface area contributed by atoms with E-state index >= 15 is 0 Å². The van der Waals surface area contributed by atoms with Crippen molar-refractivity contribution in [3.05, 3.63) is 65.1 Å². The van der Waals surface area contributed by atoms with Crippen LogP contribution in [0.3, 0.4) is 0 Å². The van der Waals surface area contributed by atoms with Crippen molar-refractivity contribution in [1.82, 2.24) is 20.3 Å². The van der Waals surface area contributed by atoms with Crippen LogP contribution in [0.4, 0.5) is 0 Å². The Hall–Kier alpha value is -3.34. The summed E-state index contributed by atoms with van der Waals surface area (Å²) in [5.41, 5.74) is 2.29. The first-order valence-corrected chi connectivity index (χ1v) is 8.81. The molecule has 2 N–H and O–H groups in total. The number of nitrogens with one attached hydrogen (secondary N) is 1. The third kappa shape index (κ3) is 4.49. The number of aliphatic hydroxyl groups excluding tert-OH is 1. The van der Waals surface area contributed by atoms with Gasteiger partial charge < -0.3 is 10.4 Å². The molecule has 8 heteroatoms. The number of carbonyl (C=O) groups excluding carboxylic acids is 1. The largest absolute Gasteiger partial charge is 0.394 e. The summed E-state index contributed by atoms with van der Waals surface area (Å²) < 4.78 is 0. The predicted molar refractivity (Wildman–Crippen MR) is 104 cm³/mol. The van der Waals surface area contributed by atoms with Crippen molar-refractivity contribution in [2.45, 2.75) is 13.0 Å². The van der Waals surface area contributed by atoms with E-state index in [1.54, 1.807) is 49.4 Å². The molecule has 0 aliphatic heterocycles. The van der Waals surface area contributed by atoms with Crippen LogP contribution in [0.1, 0.15) is 23.1 Å². The fourth-order valence-electron chi connectivity index (χ4n) is 2.40. The molecule has 0 spiro atoms. The molecule has 3 aromatic rings. The first-order valence-electron chi connectivity index (χ1n) is 8.43. The summed E-state index contributed by atoms with van der Waals surface area (Å²) in [4.78, 5) is 25.4. The van der Waals surface area contributed by atoms with E-state index in [0.29, 0.717) is 22.1 Å². The highest BCUT2D eigenvalue weighted by Crippen LogP contribution is 2.24.